The number of hydrogen-bond acceptors (Lipinski definition) is 4. The molecule has 0 fully saturated rings. The first-order valence-corrected chi connectivity index (χ1v) is 9.06. The lowest BCUT2D eigenvalue weighted by molar-refractivity contribution is 0.0790. The first-order chi connectivity index (χ1) is 12.6. The molecule has 0 aliphatic rings. The standard InChI is InChI=1S/C21H16N2O2S/c1-23(13-15-7-4-10-18-16(15)9-5-11-22-18)20(24)19-12-14-6-2-3-8-17(14)21(25)26-19/h2-12H,13H2,1H3. The van der Waals surface area contributed by atoms with Crippen molar-refractivity contribution < 1.29 is 4.79 Å². The fourth-order valence-electron chi connectivity index (χ4n) is 3.06. The Hall–Kier alpha value is -3.05. The van der Waals surface area contributed by atoms with Crippen LogP contribution in [-0.4, -0.2) is 22.8 Å². The van der Waals surface area contributed by atoms with Crippen molar-refractivity contribution >= 4 is 38.9 Å². The van der Waals surface area contributed by atoms with E-state index < -0.39 is 0 Å². The summed E-state index contributed by atoms with van der Waals surface area (Å²) in [6.07, 6.45) is 1.76. The quantitative estimate of drug-likeness (QED) is 0.553. The molecular weight excluding hydrogens is 344 g/mol. The van der Waals surface area contributed by atoms with Crippen molar-refractivity contribution in [2.75, 3.05) is 7.05 Å². The highest BCUT2D eigenvalue weighted by molar-refractivity contribution is 7.12. The van der Waals surface area contributed by atoms with Gasteiger partial charge in [0.25, 0.3) is 5.91 Å². The Kier molecular flexibility index (Phi) is 4.22. The summed E-state index contributed by atoms with van der Waals surface area (Å²) in [5.74, 6) is -0.154. The highest BCUT2D eigenvalue weighted by Crippen LogP contribution is 2.20. The average molecular weight is 360 g/mol. The third-order valence-corrected chi connectivity index (χ3v) is 5.29. The van der Waals surface area contributed by atoms with Crippen LogP contribution in [0.2, 0.25) is 0 Å². The van der Waals surface area contributed by atoms with E-state index in [-0.39, 0.29) is 10.6 Å². The molecule has 2 heterocycles. The van der Waals surface area contributed by atoms with Gasteiger partial charge in [0.15, 0.2) is 0 Å². The van der Waals surface area contributed by atoms with Crippen LogP contribution >= 0.6 is 11.3 Å². The summed E-state index contributed by atoms with van der Waals surface area (Å²) in [6.45, 7) is 0.454. The zero-order chi connectivity index (χ0) is 18.1. The normalized spacial score (nSPS) is 11.0. The number of hydrogen-bond donors (Lipinski definition) is 0. The Bertz CT molecular complexity index is 1180. The highest BCUT2D eigenvalue weighted by Gasteiger charge is 2.16. The third-order valence-electron chi connectivity index (χ3n) is 4.37. The van der Waals surface area contributed by atoms with Crippen molar-refractivity contribution in [3.8, 4) is 0 Å². The minimum absolute atomic E-state index is 0.0887. The maximum absolute atomic E-state index is 12.9. The number of amides is 1. The van der Waals surface area contributed by atoms with E-state index in [1.54, 1.807) is 30.3 Å². The number of fused-ring (bicyclic) bond motifs is 2. The Morgan fingerprint density at radius 3 is 2.73 bits per heavy atom. The molecule has 0 aliphatic heterocycles. The molecule has 0 saturated carbocycles. The van der Waals surface area contributed by atoms with Gasteiger partial charge in [0.05, 0.1) is 10.4 Å². The molecule has 0 radical (unpaired) electrons. The first kappa shape index (κ1) is 16.4. The summed E-state index contributed by atoms with van der Waals surface area (Å²) >= 11 is 0.998. The predicted molar refractivity (Wildman–Crippen MR) is 106 cm³/mol. The van der Waals surface area contributed by atoms with Crippen molar-refractivity contribution in [3.05, 3.63) is 86.8 Å². The maximum atomic E-state index is 12.9. The Balaban J connectivity index is 1.67. The maximum Gasteiger partial charge on any atom is 0.264 e. The van der Waals surface area contributed by atoms with Gasteiger partial charge in [0.2, 0.25) is 4.74 Å². The molecule has 2 aromatic heterocycles. The topological polar surface area (TPSA) is 50.3 Å². The number of benzene rings is 2. The van der Waals surface area contributed by atoms with Gasteiger partial charge in [-0.1, -0.05) is 47.7 Å². The Labute approximate surface area is 154 Å². The van der Waals surface area contributed by atoms with Crippen LogP contribution in [0.15, 0.2) is 71.7 Å². The molecule has 2 aromatic carbocycles. The molecule has 0 N–H and O–H groups in total. The van der Waals surface area contributed by atoms with Crippen LogP contribution in [0.1, 0.15) is 15.2 Å². The third kappa shape index (κ3) is 2.97. The summed E-state index contributed by atoms with van der Waals surface area (Å²) in [5, 5.41) is 2.47. The number of aromatic nitrogens is 1. The lowest BCUT2D eigenvalue weighted by Crippen LogP contribution is -2.26. The molecule has 0 spiro atoms. The Morgan fingerprint density at radius 1 is 1.04 bits per heavy atom. The number of carbonyl (C=O) groups excluding carboxylic acids is 1. The summed E-state index contributed by atoms with van der Waals surface area (Å²) in [6, 6.07) is 18.9. The molecule has 0 atom stereocenters. The molecule has 4 rings (SSSR count). The van der Waals surface area contributed by atoms with Crippen molar-refractivity contribution in [2.24, 2.45) is 0 Å². The molecule has 0 unspecified atom stereocenters. The van der Waals surface area contributed by atoms with E-state index in [2.05, 4.69) is 4.98 Å². The van der Waals surface area contributed by atoms with Gasteiger partial charge in [0, 0.05) is 30.6 Å². The number of rotatable bonds is 3. The van der Waals surface area contributed by atoms with Gasteiger partial charge >= 0.3 is 0 Å². The first-order valence-electron chi connectivity index (χ1n) is 8.24. The molecule has 4 aromatic rings. The molecule has 0 saturated heterocycles. The van der Waals surface area contributed by atoms with Crippen molar-refractivity contribution in [1.29, 1.82) is 0 Å². The lowest BCUT2D eigenvalue weighted by Gasteiger charge is -2.18. The monoisotopic (exact) mass is 360 g/mol. The van der Waals surface area contributed by atoms with Gasteiger partial charge in [0.1, 0.15) is 0 Å². The minimum Gasteiger partial charge on any atom is -0.337 e. The van der Waals surface area contributed by atoms with E-state index in [1.165, 1.54) is 0 Å². The lowest BCUT2D eigenvalue weighted by atomic mass is 10.1. The van der Waals surface area contributed by atoms with Gasteiger partial charge in [-0.05, 0) is 35.2 Å². The summed E-state index contributed by atoms with van der Waals surface area (Å²) < 4.78 is -0.0887. The fourth-order valence-corrected chi connectivity index (χ4v) is 3.98. The van der Waals surface area contributed by atoms with E-state index in [4.69, 9.17) is 0 Å². The smallest absolute Gasteiger partial charge is 0.264 e. The van der Waals surface area contributed by atoms with Gasteiger partial charge < -0.3 is 4.90 Å². The molecule has 4 nitrogen and oxygen atoms in total. The zero-order valence-corrected chi connectivity index (χ0v) is 15.0. The minimum atomic E-state index is -0.154. The Morgan fingerprint density at radius 2 is 1.85 bits per heavy atom. The number of pyridine rings is 1. The van der Waals surface area contributed by atoms with Crippen LogP contribution in [-0.2, 0) is 6.54 Å². The van der Waals surface area contributed by atoms with E-state index >= 15 is 0 Å². The molecule has 5 heteroatoms. The van der Waals surface area contributed by atoms with Crippen molar-refractivity contribution in [1.82, 2.24) is 9.88 Å². The second-order valence-electron chi connectivity index (χ2n) is 6.13. The average Bonchev–Trinajstić information content (AvgIpc) is 2.67. The van der Waals surface area contributed by atoms with Crippen LogP contribution < -0.4 is 4.74 Å². The number of carbonyl (C=O) groups is 1. The largest absolute Gasteiger partial charge is 0.337 e. The van der Waals surface area contributed by atoms with Gasteiger partial charge in [-0.2, -0.15) is 0 Å². The van der Waals surface area contributed by atoms with Gasteiger partial charge in [-0.3, -0.25) is 14.6 Å². The van der Waals surface area contributed by atoms with Crippen LogP contribution in [0.25, 0.3) is 21.7 Å². The molecule has 1 amide bonds. The second-order valence-corrected chi connectivity index (χ2v) is 7.15. The summed E-state index contributed by atoms with van der Waals surface area (Å²) in [7, 11) is 1.75. The molecule has 128 valence electrons. The second kappa shape index (κ2) is 6.69. The molecular formula is C21H16N2O2S. The summed E-state index contributed by atoms with van der Waals surface area (Å²) in [4.78, 5) is 31.6. The SMILES string of the molecule is CN(Cc1cccc2ncccc12)C(=O)c1cc2ccccc2c(=O)s1. The van der Waals surface area contributed by atoms with Crippen LogP contribution in [0, 0.1) is 0 Å². The van der Waals surface area contributed by atoms with Crippen molar-refractivity contribution in [3.63, 3.8) is 0 Å². The predicted octanol–water partition coefficient (Wildman–Crippen LogP) is 4.08. The highest BCUT2D eigenvalue weighted by atomic mass is 32.1. The van der Waals surface area contributed by atoms with Gasteiger partial charge in [-0.15, -0.1) is 0 Å². The zero-order valence-electron chi connectivity index (χ0n) is 14.2. The fraction of sp³-hybridized carbons (Fsp3) is 0.0952. The van der Waals surface area contributed by atoms with Gasteiger partial charge in [-0.25, -0.2) is 0 Å². The van der Waals surface area contributed by atoms with Crippen LogP contribution in [0.3, 0.4) is 0 Å². The molecule has 0 aliphatic carbocycles. The molecule has 26 heavy (non-hydrogen) atoms. The number of nitrogens with zero attached hydrogens (tertiary/aromatic N) is 2. The van der Waals surface area contributed by atoms with Crippen molar-refractivity contribution in [2.45, 2.75) is 6.54 Å². The molecule has 0 bridgehead atoms. The summed E-state index contributed by atoms with van der Waals surface area (Å²) in [5.41, 5.74) is 1.93. The van der Waals surface area contributed by atoms with E-state index in [0.717, 1.165) is 33.2 Å². The van der Waals surface area contributed by atoms with E-state index in [9.17, 15) is 9.59 Å². The van der Waals surface area contributed by atoms with E-state index in [0.29, 0.717) is 16.8 Å². The van der Waals surface area contributed by atoms with E-state index in [1.807, 2.05) is 48.5 Å². The van der Waals surface area contributed by atoms with Crippen LogP contribution in [0.5, 0.6) is 0 Å². The van der Waals surface area contributed by atoms with Crippen LogP contribution in [0.4, 0.5) is 0 Å².